The summed E-state index contributed by atoms with van der Waals surface area (Å²) in [6, 6.07) is 8.40. The van der Waals surface area contributed by atoms with Crippen molar-refractivity contribution in [3.05, 3.63) is 51.7 Å². The van der Waals surface area contributed by atoms with Crippen LogP contribution in [0, 0.1) is 10.1 Å². The van der Waals surface area contributed by atoms with Crippen LogP contribution in [0.25, 0.3) is 0 Å². The smallest absolute Gasteiger partial charge is 0.269 e. The van der Waals surface area contributed by atoms with E-state index < -0.39 is 13.7 Å². The van der Waals surface area contributed by atoms with Gasteiger partial charge in [0.25, 0.3) is 11.6 Å². The molecule has 1 aliphatic heterocycles. The van der Waals surface area contributed by atoms with Crippen LogP contribution >= 0.6 is 0 Å². The largest absolute Gasteiger partial charge is 0.315 e. The summed E-state index contributed by atoms with van der Waals surface area (Å²) in [6.07, 6.45) is 6.52. The summed E-state index contributed by atoms with van der Waals surface area (Å²) in [4.78, 5) is 25.2. The summed E-state index contributed by atoms with van der Waals surface area (Å²) in [5.74, 6) is -0.0489. The summed E-state index contributed by atoms with van der Waals surface area (Å²) < 4.78 is 0. The van der Waals surface area contributed by atoms with Crippen LogP contribution in [0.3, 0.4) is 0 Å². The van der Waals surface area contributed by atoms with Crippen LogP contribution in [0.15, 0.2) is 36.0 Å². The maximum atomic E-state index is 13.0. The first-order chi connectivity index (χ1) is 12.5. The number of hydrogen-bond acceptors (Lipinski definition) is 3. The van der Waals surface area contributed by atoms with E-state index in [4.69, 9.17) is 0 Å². The number of unbranched alkanes of at least 4 members (excludes halogenated alkanes) is 1. The molecule has 6 heteroatoms. The molecule has 26 heavy (non-hydrogen) atoms. The van der Waals surface area contributed by atoms with Crippen LogP contribution in [0.5, 0.6) is 0 Å². The van der Waals surface area contributed by atoms with Gasteiger partial charge in [-0.3, -0.25) is 14.9 Å². The third-order valence-corrected chi connectivity index (χ3v) is 8.54. The lowest BCUT2D eigenvalue weighted by molar-refractivity contribution is -0.384. The molecular weight excluding hydrogens is 344 g/mol. The maximum absolute atomic E-state index is 13.0. The Morgan fingerprint density at radius 3 is 2.42 bits per heavy atom. The van der Waals surface area contributed by atoms with Crippen LogP contribution in [-0.2, 0) is 0 Å². The van der Waals surface area contributed by atoms with E-state index in [1.54, 1.807) is 12.1 Å². The van der Waals surface area contributed by atoms with E-state index in [0.29, 0.717) is 11.1 Å². The molecule has 141 valence electrons. The SMILES string of the molecule is CCCCC1=CN(C(=O)c2ccc([N+](=O)[O-])cc2)C[C@H]([Si](CC)CC)C1. The zero-order chi connectivity index (χ0) is 19.1. The van der Waals surface area contributed by atoms with Crippen LogP contribution in [0.1, 0.15) is 56.8 Å². The minimum absolute atomic E-state index is 0.0136. The number of nitrogens with zero attached hydrogens (tertiary/aromatic N) is 2. The van der Waals surface area contributed by atoms with Crippen LogP contribution < -0.4 is 0 Å². The predicted molar refractivity (Wildman–Crippen MR) is 107 cm³/mol. The molecule has 1 aliphatic rings. The third kappa shape index (κ3) is 5.03. The van der Waals surface area contributed by atoms with E-state index >= 15 is 0 Å². The second kappa shape index (κ2) is 9.66. The number of benzene rings is 1. The van der Waals surface area contributed by atoms with E-state index in [2.05, 4.69) is 20.8 Å². The Labute approximate surface area is 157 Å². The Bertz CT molecular complexity index is 654. The molecule has 0 spiro atoms. The molecule has 1 atom stereocenters. The highest BCUT2D eigenvalue weighted by Crippen LogP contribution is 2.33. The van der Waals surface area contributed by atoms with Gasteiger partial charge in [-0.25, -0.2) is 0 Å². The predicted octanol–water partition coefficient (Wildman–Crippen LogP) is 5.42. The van der Waals surface area contributed by atoms with Gasteiger partial charge in [-0.15, -0.1) is 0 Å². The first-order valence-electron chi connectivity index (χ1n) is 9.59. The summed E-state index contributed by atoms with van der Waals surface area (Å²) >= 11 is 0. The van der Waals surface area contributed by atoms with Crippen LogP contribution in [0.4, 0.5) is 5.69 Å². The molecule has 0 saturated carbocycles. The minimum Gasteiger partial charge on any atom is -0.315 e. The first-order valence-corrected chi connectivity index (χ1v) is 11.6. The quantitative estimate of drug-likeness (QED) is 0.347. The van der Waals surface area contributed by atoms with Gasteiger partial charge in [0.05, 0.1) is 13.7 Å². The van der Waals surface area contributed by atoms with Gasteiger partial charge in [0, 0.05) is 30.4 Å². The number of carbonyl (C=O) groups excluding carboxylic acids is 1. The Hall–Kier alpha value is -1.95. The van der Waals surface area contributed by atoms with Crippen molar-refractivity contribution < 1.29 is 9.72 Å². The van der Waals surface area contributed by atoms with Crippen molar-refractivity contribution >= 4 is 20.4 Å². The van der Waals surface area contributed by atoms with Gasteiger partial charge in [-0.05, 0) is 36.9 Å². The fourth-order valence-corrected chi connectivity index (χ4v) is 6.31. The second-order valence-corrected chi connectivity index (χ2v) is 10.5. The molecule has 1 radical (unpaired) electrons. The summed E-state index contributed by atoms with van der Waals surface area (Å²) in [5.41, 5.74) is 2.50. The summed E-state index contributed by atoms with van der Waals surface area (Å²) in [5, 5.41) is 10.8. The number of allylic oxidation sites excluding steroid dienone is 1. The van der Waals surface area contributed by atoms with Crippen molar-refractivity contribution in [3.8, 4) is 0 Å². The number of rotatable bonds is 8. The van der Waals surface area contributed by atoms with Gasteiger partial charge in [-0.2, -0.15) is 0 Å². The van der Waals surface area contributed by atoms with Gasteiger partial charge < -0.3 is 4.90 Å². The van der Waals surface area contributed by atoms with Crippen LogP contribution in [0.2, 0.25) is 17.6 Å². The van der Waals surface area contributed by atoms with Crippen molar-refractivity contribution in [2.45, 2.75) is 64.1 Å². The van der Waals surface area contributed by atoms with Crippen LogP contribution in [-0.4, -0.2) is 31.1 Å². The Balaban J connectivity index is 2.22. The van der Waals surface area contributed by atoms with Crippen molar-refractivity contribution in [3.63, 3.8) is 0 Å². The molecule has 0 fully saturated rings. The molecule has 1 aromatic rings. The lowest BCUT2D eigenvalue weighted by Crippen LogP contribution is -2.37. The Morgan fingerprint density at radius 2 is 1.88 bits per heavy atom. The highest BCUT2D eigenvalue weighted by Gasteiger charge is 2.29. The summed E-state index contributed by atoms with van der Waals surface area (Å²) in [7, 11) is -0.470. The number of amides is 1. The lowest BCUT2D eigenvalue weighted by atomic mass is 10.0. The van der Waals surface area contributed by atoms with Gasteiger partial charge in [-0.1, -0.05) is 44.9 Å². The molecule has 0 bridgehead atoms. The van der Waals surface area contributed by atoms with Crippen molar-refractivity contribution in [1.82, 2.24) is 4.90 Å². The lowest BCUT2D eigenvalue weighted by Gasteiger charge is -2.35. The van der Waals surface area contributed by atoms with E-state index in [1.807, 2.05) is 11.1 Å². The average Bonchev–Trinajstić information content (AvgIpc) is 2.66. The van der Waals surface area contributed by atoms with Gasteiger partial charge in [0.2, 0.25) is 0 Å². The zero-order valence-corrected chi connectivity index (χ0v) is 17.0. The van der Waals surface area contributed by atoms with Gasteiger partial charge in [0.15, 0.2) is 0 Å². The molecule has 5 nitrogen and oxygen atoms in total. The first kappa shape index (κ1) is 20.4. The van der Waals surface area contributed by atoms with E-state index in [1.165, 1.54) is 29.8 Å². The highest BCUT2D eigenvalue weighted by atomic mass is 28.3. The number of nitro groups is 1. The third-order valence-electron chi connectivity index (χ3n) is 5.19. The molecule has 1 heterocycles. The standard InChI is InChI=1S/C20H29N2O3Si/c1-4-7-8-16-13-19(26(5-2)6-3)15-21(14-16)20(23)17-9-11-18(12-10-17)22(24)25/h9-12,14,19H,4-8,13,15H2,1-3H3/t19-/m1/s1. The molecular formula is C20H29N2O3Si. The molecule has 1 amide bonds. The summed E-state index contributed by atoms with van der Waals surface area (Å²) in [6.45, 7) is 7.50. The van der Waals surface area contributed by atoms with E-state index in [0.717, 1.165) is 32.2 Å². The number of nitro benzene ring substituents is 1. The average molecular weight is 374 g/mol. The normalized spacial score (nSPS) is 17.3. The second-order valence-electron chi connectivity index (χ2n) is 6.92. The molecule has 0 saturated heterocycles. The zero-order valence-electron chi connectivity index (χ0n) is 16.0. The van der Waals surface area contributed by atoms with Crippen molar-refractivity contribution in [2.24, 2.45) is 0 Å². The Morgan fingerprint density at radius 1 is 1.23 bits per heavy atom. The Kier molecular flexibility index (Phi) is 7.57. The molecule has 1 aromatic carbocycles. The van der Waals surface area contributed by atoms with Crippen molar-refractivity contribution in [1.29, 1.82) is 0 Å². The fraction of sp³-hybridized carbons (Fsp3) is 0.550. The monoisotopic (exact) mass is 373 g/mol. The van der Waals surface area contributed by atoms with Crippen molar-refractivity contribution in [2.75, 3.05) is 6.54 Å². The number of non-ortho nitro benzene ring substituents is 1. The minimum atomic E-state index is -0.470. The molecule has 0 N–H and O–H groups in total. The van der Waals surface area contributed by atoms with Gasteiger partial charge in [0.1, 0.15) is 0 Å². The highest BCUT2D eigenvalue weighted by molar-refractivity contribution is 6.60. The molecule has 0 unspecified atom stereocenters. The molecule has 2 rings (SSSR count). The molecule has 0 aliphatic carbocycles. The number of hydrogen-bond donors (Lipinski definition) is 0. The molecule has 0 aromatic heterocycles. The van der Waals surface area contributed by atoms with Gasteiger partial charge >= 0.3 is 0 Å². The van der Waals surface area contributed by atoms with E-state index in [-0.39, 0.29) is 11.6 Å². The maximum Gasteiger partial charge on any atom is 0.269 e. The topological polar surface area (TPSA) is 63.5 Å². The number of carbonyl (C=O) groups is 1. The van der Waals surface area contributed by atoms with E-state index in [9.17, 15) is 14.9 Å². The fourth-order valence-electron chi connectivity index (χ4n) is 3.65.